The summed E-state index contributed by atoms with van der Waals surface area (Å²) in [6.45, 7) is 2.50. The van der Waals surface area contributed by atoms with Gasteiger partial charge in [0.2, 0.25) is 0 Å². The SMILES string of the molecule is Oc1ccc2c3c1O[C@H]1c4c(c5cccc6c5n4CC[C@H]6O)CC4(O)[C@@H](C2)N(CCc2ccccc2)CC[C@]314. The van der Waals surface area contributed by atoms with Crippen molar-refractivity contribution in [2.24, 2.45) is 0 Å². The minimum Gasteiger partial charge on any atom is -0.504 e. The summed E-state index contributed by atoms with van der Waals surface area (Å²) in [5, 5.41) is 36.1. The molecule has 5 atom stereocenters. The lowest BCUT2D eigenvalue weighted by Crippen LogP contribution is -2.74. The molecule has 0 radical (unpaired) electrons. The molecule has 3 aromatic carbocycles. The van der Waals surface area contributed by atoms with Crippen LogP contribution in [0.2, 0.25) is 0 Å². The highest BCUT2D eigenvalue weighted by Crippen LogP contribution is 2.69. The van der Waals surface area contributed by atoms with E-state index in [1.54, 1.807) is 6.07 Å². The van der Waals surface area contributed by atoms with E-state index in [1.807, 2.05) is 12.1 Å². The van der Waals surface area contributed by atoms with Gasteiger partial charge in [0.1, 0.15) is 0 Å². The number of aromatic hydroxyl groups is 1. The van der Waals surface area contributed by atoms with Crippen molar-refractivity contribution in [3.05, 3.63) is 94.2 Å². The summed E-state index contributed by atoms with van der Waals surface area (Å²) in [5.74, 6) is 0.728. The predicted octanol–water partition coefficient (Wildman–Crippen LogP) is 4.32. The number of likely N-dealkylation sites (tertiary alicyclic amines) is 1. The maximum absolute atomic E-state index is 13.1. The van der Waals surface area contributed by atoms with Gasteiger partial charge in [-0.15, -0.1) is 0 Å². The third-order valence-corrected chi connectivity index (χ3v) is 10.8. The quantitative estimate of drug-likeness (QED) is 0.375. The van der Waals surface area contributed by atoms with E-state index in [2.05, 4.69) is 51.9 Å². The molecule has 39 heavy (non-hydrogen) atoms. The van der Waals surface area contributed by atoms with Gasteiger partial charge in [0.05, 0.1) is 28.3 Å². The zero-order chi connectivity index (χ0) is 26.1. The Balaban J connectivity index is 1.26. The van der Waals surface area contributed by atoms with E-state index in [4.69, 9.17) is 4.74 Å². The molecule has 4 aromatic rings. The van der Waals surface area contributed by atoms with Gasteiger partial charge < -0.3 is 24.6 Å². The van der Waals surface area contributed by atoms with Crippen LogP contribution < -0.4 is 4.74 Å². The lowest BCUT2D eigenvalue weighted by Gasteiger charge is -2.63. The summed E-state index contributed by atoms with van der Waals surface area (Å²) in [6.07, 6.45) is 2.82. The summed E-state index contributed by atoms with van der Waals surface area (Å²) in [7, 11) is 0. The number of hydrogen-bond acceptors (Lipinski definition) is 5. The molecule has 1 unspecified atom stereocenters. The smallest absolute Gasteiger partial charge is 0.166 e. The molecular weight excluding hydrogens is 488 g/mol. The Morgan fingerprint density at radius 1 is 1.00 bits per heavy atom. The van der Waals surface area contributed by atoms with Gasteiger partial charge in [-0.1, -0.05) is 54.6 Å². The molecule has 3 aliphatic heterocycles. The molecule has 6 nitrogen and oxygen atoms in total. The van der Waals surface area contributed by atoms with Gasteiger partial charge in [-0.05, 0) is 55.0 Å². The van der Waals surface area contributed by atoms with Crippen LogP contribution >= 0.6 is 0 Å². The second-order valence-electron chi connectivity index (χ2n) is 12.3. The Hall–Kier alpha value is -3.32. The highest BCUT2D eigenvalue weighted by molar-refractivity contribution is 5.90. The second-order valence-corrected chi connectivity index (χ2v) is 12.3. The van der Waals surface area contributed by atoms with Crippen molar-refractivity contribution in [1.29, 1.82) is 0 Å². The summed E-state index contributed by atoms with van der Waals surface area (Å²) in [5.41, 5.74) is 6.23. The van der Waals surface area contributed by atoms with Gasteiger partial charge in [-0.25, -0.2) is 0 Å². The Labute approximate surface area is 227 Å². The van der Waals surface area contributed by atoms with Crippen LogP contribution in [0.25, 0.3) is 10.9 Å². The second kappa shape index (κ2) is 7.45. The highest BCUT2D eigenvalue weighted by atomic mass is 16.5. The predicted molar refractivity (Wildman–Crippen MR) is 147 cm³/mol. The molecule has 198 valence electrons. The number of aliphatic hydroxyl groups is 2. The number of ether oxygens (including phenoxy) is 1. The number of piperidine rings is 1. The number of phenols is 1. The van der Waals surface area contributed by atoms with Gasteiger partial charge >= 0.3 is 0 Å². The number of para-hydroxylation sites is 1. The van der Waals surface area contributed by atoms with Gasteiger partial charge in [0.25, 0.3) is 0 Å². The van der Waals surface area contributed by atoms with Crippen LogP contribution in [0.15, 0.2) is 60.7 Å². The van der Waals surface area contributed by atoms with Crippen LogP contribution in [0, 0.1) is 0 Å². The van der Waals surface area contributed by atoms with Crippen molar-refractivity contribution in [2.75, 3.05) is 13.1 Å². The van der Waals surface area contributed by atoms with Crippen molar-refractivity contribution < 1.29 is 20.1 Å². The molecule has 5 aliphatic rings. The van der Waals surface area contributed by atoms with Crippen molar-refractivity contribution >= 4 is 10.9 Å². The van der Waals surface area contributed by atoms with Crippen molar-refractivity contribution in [2.45, 2.75) is 67.9 Å². The number of phenolic OH excluding ortho intramolecular Hbond substituents is 1. The lowest BCUT2D eigenvalue weighted by molar-refractivity contribution is -0.172. The van der Waals surface area contributed by atoms with Gasteiger partial charge in [-0.2, -0.15) is 0 Å². The third kappa shape index (κ3) is 2.59. The first-order valence-electron chi connectivity index (χ1n) is 14.4. The van der Waals surface area contributed by atoms with Crippen LogP contribution in [0.1, 0.15) is 58.6 Å². The normalized spacial score (nSPS) is 31.6. The minimum atomic E-state index is -1.03. The largest absolute Gasteiger partial charge is 0.504 e. The molecule has 9 rings (SSSR count). The van der Waals surface area contributed by atoms with Crippen molar-refractivity contribution in [3.63, 3.8) is 0 Å². The fraction of sp³-hybridized carbons (Fsp3) is 0.394. The fourth-order valence-electron chi connectivity index (χ4n) is 9.18. The van der Waals surface area contributed by atoms with E-state index >= 15 is 0 Å². The molecule has 0 saturated carbocycles. The monoisotopic (exact) mass is 520 g/mol. The van der Waals surface area contributed by atoms with E-state index in [0.29, 0.717) is 18.6 Å². The van der Waals surface area contributed by atoms with Crippen molar-refractivity contribution in [3.8, 4) is 11.5 Å². The molecule has 3 N–H and O–H groups in total. The Bertz CT molecular complexity index is 1680. The van der Waals surface area contributed by atoms with Gasteiger partial charge in [0, 0.05) is 42.1 Å². The number of hydrogen-bond donors (Lipinski definition) is 3. The number of aliphatic hydroxyl groups excluding tert-OH is 1. The molecule has 1 fully saturated rings. The third-order valence-electron chi connectivity index (χ3n) is 10.8. The minimum absolute atomic E-state index is 0.0468. The molecule has 1 spiro atoms. The number of aryl methyl sites for hydroxylation is 1. The van der Waals surface area contributed by atoms with Crippen LogP contribution in [-0.4, -0.2) is 49.5 Å². The van der Waals surface area contributed by atoms with Crippen LogP contribution in [0.5, 0.6) is 11.5 Å². The first kappa shape index (κ1) is 22.5. The Morgan fingerprint density at radius 3 is 2.74 bits per heavy atom. The van der Waals surface area contributed by atoms with Crippen molar-refractivity contribution in [1.82, 2.24) is 9.47 Å². The van der Waals surface area contributed by atoms with Gasteiger partial charge in [-0.3, -0.25) is 4.90 Å². The number of nitrogens with zero attached hydrogens (tertiary/aromatic N) is 2. The molecule has 6 heteroatoms. The number of rotatable bonds is 3. The molecule has 4 heterocycles. The molecule has 0 amide bonds. The van der Waals surface area contributed by atoms with E-state index in [-0.39, 0.29) is 17.9 Å². The van der Waals surface area contributed by atoms with Crippen LogP contribution in [0.4, 0.5) is 0 Å². The first-order chi connectivity index (χ1) is 19.0. The molecular formula is C33H32N2O4. The van der Waals surface area contributed by atoms with Crippen LogP contribution in [-0.2, 0) is 31.2 Å². The maximum Gasteiger partial charge on any atom is 0.166 e. The zero-order valence-electron chi connectivity index (χ0n) is 21.8. The molecule has 1 saturated heterocycles. The summed E-state index contributed by atoms with van der Waals surface area (Å²) < 4.78 is 9.18. The number of fused-ring (bicyclic) bond motifs is 4. The molecule has 1 aromatic heterocycles. The molecule has 2 bridgehead atoms. The van der Waals surface area contributed by atoms with Gasteiger partial charge in [0.15, 0.2) is 17.6 Å². The zero-order valence-corrected chi connectivity index (χ0v) is 21.8. The Kier molecular flexibility index (Phi) is 4.29. The van der Waals surface area contributed by atoms with E-state index in [1.165, 1.54) is 11.1 Å². The number of benzene rings is 3. The Morgan fingerprint density at radius 2 is 1.87 bits per heavy atom. The van der Waals surface area contributed by atoms with E-state index < -0.39 is 17.1 Å². The van der Waals surface area contributed by atoms with Crippen LogP contribution in [0.3, 0.4) is 0 Å². The summed E-state index contributed by atoms with van der Waals surface area (Å²) in [6, 6.07) is 20.6. The molecule has 2 aliphatic carbocycles. The van der Waals surface area contributed by atoms with E-state index in [9.17, 15) is 15.3 Å². The summed E-state index contributed by atoms with van der Waals surface area (Å²) >= 11 is 0. The summed E-state index contributed by atoms with van der Waals surface area (Å²) in [4.78, 5) is 2.51. The maximum atomic E-state index is 13.1. The first-order valence-corrected chi connectivity index (χ1v) is 14.4. The topological polar surface area (TPSA) is 78.1 Å². The average Bonchev–Trinajstić information content (AvgIpc) is 3.45. The average molecular weight is 521 g/mol. The lowest BCUT2D eigenvalue weighted by atomic mass is 9.49. The fourth-order valence-corrected chi connectivity index (χ4v) is 9.18. The standard InChI is InChI=1S/C33H32N2O4/c36-24-12-15-35-28-21(7-4-8-22(24)28)23-18-33(38)26-17-20-9-10-25(37)30-27(20)32(33,31(39-30)29(23)35)13-16-34(26)14-11-19-5-2-1-3-6-19/h1-10,24,26,31,36-38H,11-18H2/t24-,26-,31+,32+,33?/m1/s1. The number of aromatic nitrogens is 1. The van der Waals surface area contributed by atoms with E-state index in [0.717, 1.165) is 72.2 Å². The highest BCUT2D eigenvalue weighted by Gasteiger charge is 2.73.